The number of aliphatic hydroxyl groups is 1. The summed E-state index contributed by atoms with van der Waals surface area (Å²) in [6.45, 7) is 3.69. The number of rotatable bonds is 4. The van der Waals surface area contributed by atoms with Crippen molar-refractivity contribution in [2.75, 3.05) is 39.9 Å². The summed E-state index contributed by atoms with van der Waals surface area (Å²) < 4.78 is 5.29. The molecule has 6 heteroatoms. The molecule has 0 amide bonds. The van der Waals surface area contributed by atoms with Gasteiger partial charge < -0.3 is 20.3 Å². The molecule has 19 heavy (non-hydrogen) atoms. The van der Waals surface area contributed by atoms with E-state index in [4.69, 9.17) is 4.74 Å². The van der Waals surface area contributed by atoms with Gasteiger partial charge in [0.1, 0.15) is 11.5 Å². The quantitative estimate of drug-likeness (QED) is 0.763. The molecule has 2 rings (SSSR count). The van der Waals surface area contributed by atoms with E-state index in [-0.39, 0.29) is 30.8 Å². The summed E-state index contributed by atoms with van der Waals surface area (Å²) in [5.41, 5.74) is 0.916. The Balaban J connectivity index is 0.00000180. The normalized spacial score (nSPS) is 17.6. The lowest BCUT2D eigenvalue weighted by atomic mass is 10.0. The number of nitrogens with one attached hydrogen (secondary N) is 1. The molecule has 0 bridgehead atoms. The minimum absolute atomic E-state index is 0. The Hall–Kier alpha value is -1.01. The number of ether oxygens (including phenoxy) is 1. The van der Waals surface area contributed by atoms with Crippen molar-refractivity contribution in [2.24, 2.45) is 0 Å². The van der Waals surface area contributed by atoms with Crippen LogP contribution in [0.3, 0.4) is 0 Å². The number of aliphatic hydroxyl groups excluding tert-OH is 1. The first kappa shape index (κ1) is 16.0. The third kappa shape index (κ3) is 3.73. The van der Waals surface area contributed by atoms with E-state index in [9.17, 15) is 10.2 Å². The number of hydrogen-bond acceptors (Lipinski definition) is 5. The Labute approximate surface area is 119 Å². The number of aromatic hydroxyl groups is 1. The molecule has 0 spiro atoms. The molecule has 0 aromatic heterocycles. The summed E-state index contributed by atoms with van der Waals surface area (Å²) in [5, 5.41) is 22.4. The van der Waals surface area contributed by atoms with Crippen molar-refractivity contribution in [3.63, 3.8) is 0 Å². The van der Waals surface area contributed by atoms with Crippen molar-refractivity contribution < 1.29 is 14.9 Å². The molecule has 0 saturated carbocycles. The van der Waals surface area contributed by atoms with Crippen LogP contribution in [0.25, 0.3) is 0 Å². The highest BCUT2D eigenvalue weighted by atomic mass is 35.5. The van der Waals surface area contributed by atoms with Gasteiger partial charge in [-0.1, -0.05) is 0 Å². The summed E-state index contributed by atoms with van der Waals surface area (Å²) in [6, 6.07) is 4.95. The van der Waals surface area contributed by atoms with E-state index in [1.54, 1.807) is 19.2 Å². The minimum atomic E-state index is -0.0809. The Morgan fingerprint density at radius 1 is 1.37 bits per heavy atom. The third-order valence-corrected chi connectivity index (χ3v) is 3.34. The molecule has 0 aliphatic carbocycles. The number of piperazine rings is 1. The first-order chi connectivity index (χ1) is 8.76. The van der Waals surface area contributed by atoms with Crippen molar-refractivity contribution in [3.8, 4) is 11.5 Å². The molecule has 1 atom stereocenters. The molecule has 108 valence electrons. The number of halogens is 1. The number of benzene rings is 1. The molecule has 1 heterocycles. The summed E-state index contributed by atoms with van der Waals surface area (Å²) in [6.07, 6.45) is 0. The standard InChI is InChI=1S/C13H20N2O3.ClH/c1-18-13-8-10(17)2-3-11(13)12(9-16)15-6-4-14-5-7-15;/h2-3,8,12,14,16-17H,4-7,9H2,1H3;1H/t12-;/m0./s1. The summed E-state index contributed by atoms with van der Waals surface area (Å²) >= 11 is 0. The van der Waals surface area contributed by atoms with Crippen LogP contribution in [0, 0.1) is 0 Å². The average Bonchev–Trinajstić information content (AvgIpc) is 2.42. The summed E-state index contributed by atoms with van der Waals surface area (Å²) in [4.78, 5) is 2.23. The molecular formula is C13H21ClN2O3. The first-order valence-corrected chi connectivity index (χ1v) is 6.18. The maximum Gasteiger partial charge on any atom is 0.127 e. The van der Waals surface area contributed by atoms with E-state index in [2.05, 4.69) is 10.2 Å². The fourth-order valence-electron chi connectivity index (χ4n) is 2.38. The molecular weight excluding hydrogens is 268 g/mol. The second kappa shape index (κ2) is 7.55. The highest BCUT2D eigenvalue weighted by Crippen LogP contribution is 2.32. The second-order valence-corrected chi connectivity index (χ2v) is 4.41. The SMILES string of the molecule is COc1cc(O)ccc1[C@H](CO)N1CCNCC1.Cl. The van der Waals surface area contributed by atoms with Gasteiger partial charge in [0, 0.05) is 37.8 Å². The average molecular weight is 289 g/mol. The Kier molecular flexibility index (Phi) is 6.37. The Morgan fingerprint density at radius 2 is 2.05 bits per heavy atom. The number of nitrogens with zero attached hydrogens (tertiary/aromatic N) is 1. The van der Waals surface area contributed by atoms with Crippen LogP contribution in [0.2, 0.25) is 0 Å². The predicted octanol–water partition coefficient (Wildman–Crippen LogP) is 0.761. The van der Waals surface area contributed by atoms with Gasteiger partial charge in [-0.15, -0.1) is 12.4 Å². The van der Waals surface area contributed by atoms with Gasteiger partial charge in [0.05, 0.1) is 19.8 Å². The minimum Gasteiger partial charge on any atom is -0.508 e. The molecule has 1 aliphatic heterocycles. The van der Waals surface area contributed by atoms with Crippen LogP contribution < -0.4 is 10.1 Å². The van der Waals surface area contributed by atoms with Crippen LogP contribution in [-0.4, -0.2) is 55.0 Å². The zero-order valence-electron chi connectivity index (χ0n) is 11.0. The van der Waals surface area contributed by atoms with Crippen molar-refractivity contribution in [3.05, 3.63) is 23.8 Å². The number of hydrogen-bond donors (Lipinski definition) is 3. The first-order valence-electron chi connectivity index (χ1n) is 6.18. The monoisotopic (exact) mass is 288 g/mol. The molecule has 1 saturated heterocycles. The van der Waals surface area contributed by atoms with Crippen molar-refractivity contribution in [1.29, 1.82) is 0 Å². The van der Waals surface area contributed by atoms with Gasteiger partial charge in [0.15, 0.2) is 0 Å². The molecule has 0 unspecified atom stereocenters. The van der Waals surface area contributed by atoms with Crippen LogP contribution in [0.4, 0.5) is 0 Å². The van der Waals surface area contributed by atoms with Gasteiger partial charge in [-0.2, -0.15) is 0 Å². The van der Waals surface area contributed by atoms with Crippen LogP contribution in [0.1, 0.15) is 11.6 Å². The van der Waals surface area contributed by atoms with E-state index < -0.39 is 0 Å². The smallest absolute Gasteiger partial charge is 0.127 e. The number of methoxy groups -OCH3 is 1. The zero-order valence-corrected chi connectivity index (χ0v) is 11.8. The van der Waals surface area contributed by atoms with E-state index in [0.29, 0.717) is 5.75 Å². The molecule has 5 nitrogen and oxygen atoms in total. The van der Waals surface area contributed by atoms with Gasteiger partial charge in [0.25, 0.3) is 0 Å². The summed E-state index contributed by atoms with van der Waals surface area (Å²) in [7, 11) is 1.57. The molecule has 0 radical (unpaired) electrons. The number of phenolic OH excluding ortho intramolecular Hbond substituents is 1. The lowest BCUT2D eigenvalue weighted by Crippen LogP contribution is -2.46. The van der Waals surface area contributed by atoms with E-state index in [1.807, 2.05) is 6.07 Å². The van der Waals surface area contributed by atoms with Gasteiger partial charge in [0.2, 0.25) is 0 Å². The third-order valence-electron chi connectivity index (χ3n) is 3.34. The molecule has 1 aromatic carbocycles. The van der Waals surface area contributed by atoms with E-state index in [0.717, 1.165) is 31.7 Å². The number of phenols is 1. The van der Waals surface area contributed by atoms with Gasteiger partial charge in [-0.05, 0) is 12.1 Å². The van der Waals surface area contributed by atoms with Crippen LogP contribution >= 0.6 is 12.4 Å². The van der Waals surface area contributed by atoms with Crippen LogP contribution in [0.5, 0.6) is 11.5 Å². The molecule has 1 aliphatic rings. The van der Waals surface area contributed by atoms with E-state index >= 15 is 0 Å². The maximum atomic E-state index is 9.64. The highest BCUT2D eigenvalue weighted by Gasteiger charge is 2.24. The maximum absolute atomic E-state index is 9.64. The fraction of sp³-hybridized carbons (Fsp3) is 0.538. The second-order valence-electron chi connectivity index (χ2n) is 4.41. The van der Waals surface area contributed by atoms with Crippen molar-refractivity contribution in [1.82, 2.24) is 10.2 Å². The Bertz CT molecular complexity index is 397. The van der Waals surface area contributed by atoms with Crippen LogP contribution in [-0.2, 0) is 0 Å². The van der Waals surface area contributed by atoms with E-state index in [1.165, 1.54) is 0 Å². The Morgan fingerprint density at radius 3 is 2.63 bits per heavy atom. The van der Waals surface area contributed by atoms with Gasteiger partial charge in [-0.25, -0.2) is 0 Å². The topological polar surface area (TPSA) is 65.0 Å². The largest absolute Gasteiger partial charge is 0.508 e. The fourth-order valence-corrected chi connectivity index (χ4v) is 2.38. The highest BCUT2D eigenvalue weighted by molar-refractivity contribution is 5.85. The van der Waals surface area contributed by atoms with Crippen molar-refractivity contribution >= 4 is 12.4 Å². The molecule has 1 fully saturated rings. The van der Waals surface area contributed by atoms with Gasteiger partial charge >= 0.3 is 0 Å². The molecule has 1 aromatic rings. The van der Waals surface area contributed by atoms with Crippen molar-refractivity contribution in [2.45, 2.75) is 6.04 Å². The lowest BCUT2D eigenvalue weighted by molar-refractivity contribution is 0.109. The predicted molar refractivity (Wildman–Crippen MR) is 76.2 cm³/mol. The zero-order chi connectivity index (χ0) is 13.0. The summed E-state index contributed by atoms with van der Waals surface area (Å²) in [5.74, 6) is 0.792. The lowest BCUT2D eigenvalue weighted by Gasteiger charge is -2.34. The molecule has 3 N–H and O–H groups in total. The van der Waals surface area contributed by atoms with Crippen LogP contribution in [0.15, 0.2) is 18.2 Å². The van der Waals surface area contributed by atoms with Gasteiger partial charge in [-0.3, -0.25) is 4.90 Å².